The van der Waals surface area contributed by atoms with Crippen molar-refractivity contribution in [2.45, 2.75) is 6.61 Å². The first-order valence-corrected chi connectivity index (χ1v) is 10.8. The quantitative estimate of drug-likeness (QED) is 0.525. The van der Waals surface area contributed by atoms with E-state index in [2.05, 4.69) is 0 Å². The minimum Gasteiger partial charge on any atom is -0.495 e. The van der Waals surface area contributed by atoms with Crippen LogP contribution in [-0.4, -0.2) is 52.8 Å². The first-order chi connectivity index (χ1) is 14.6. The highest BCUT2D eigenvalue weighted by atomic mass is 32.2. The summed E-state index contributed by atoms with van der Waals surface area (Å²) in [5.74, 6) is -2.46. The Morgan fingerprint density at radius 1 is 1.03 bits per heavy atom. The van der Waals surface area contributed by atoms with Crippen LogP contribution in [0, 0.1) is 0 Å². The first-order valence-electron chi connectivity index (χ1n) is 8.92. The number of hydrogen-bond acceptors (Lipinski definition) is 8. The average Bonchev–Trinajstić information content (AvgIpc) is 2.73. The maximum atomic E-state index is 12.3. The van der Waals surface area contributed by atoms with Gasteiger partial charge in [0, 0.05) is 0 Å². The molecule has 0 aromatic heterocycles. The molecule has 2 N–H and O–H groups in total. The lowest BCUT2D eigenvalue weighted by Crippen LogP contribution is -2.38. The molecule has 10 nitrogen and oxygen atoms in total. The molecular weight excluding hydrogens is 428 g/mol. The van der Waals surface area contributed by atoms with E-state index < -0.39 is 41.0 Å². The van der Waals surface area contributed by atoms with Gasteiger partial charge in [-0.25, -0.2) is 18.0 Å². The van der Waals surface area contributed by atoms with Gasteiger partial charge in [0.25, 0.3) is 0 Å². The minimum atomic E-state index is -3.92. The summed E-state index contributed by atoms with van der Waals surface area (Å²) in [6.07, 6.45) is 0.878. The van der Waals surface area contributed by atoms with Crippen molar-refractivity contribution >= 4 is 33.6 Å². The second kappa shape index (κ2) is 10.4. The maximum absolute atomic E-state index is 12.3. The van der Waals surface area contributed by atoms with E-state index in [0.29, 0.717) is 4.31 Å². The number of sulfonamides is 1. The number of carbonyl (C=O) groups excluding carboxylic acids is 3. The van der Waals surface area contributed by atoms with Crippen LogP contribution in [0.5, 0.6) is 5.75 Å². The van der Waals surface area contributed by atoms with Gasteiger partial charge in [-0.3, -0.25) is 9.10 Å². The number of nitrogens with zero attached hydrogens (tertiary/aromatic N) is 1. The Hall–Kier alpha value is -3.60. The highest BCUT2D eigenvalue weighted by Crippen LogP contribution is 2.31. The molecule has 0 radical (unpaired) electrons. The zero-order valence-electron chi connectivity index (χ0n) is 16.9. The van der Waals surface area contributed by atoms with Crippen molar-refractivity contribution in [2.75, 3.05) is 30.8 Å². The van der Waals surface area contributed by atoms with Gasteiger partial charge in [0.2, 0.25) is 15.9 Å². The van der Waals surface area contributed by atoms with E-state index in [9.17, 15) is 22.8 Å². The lowest BCUT2D eigenvalue weighted by Gasteiger charge is -2.23. The fraction of sp³-hybridized carbons (Fsp3) is 0.250. The maximum Gasteiger partial charge on any atom is 0.344 e. The molecule has 11 heteroatoms. The molecule has 2 aromatic rings. The molecule has 166 valence electrons. The minimum absolute atomic E-state index is 0.0281. The Morgan fingerprint density at radius 2 is 1.71 bits per heavy atom. The van der Waals surface area contributed by atoms with Crippen molar-refractivity contribution in [1.82, 2.24) is 0 Å². The number of anilines is 1. The number of ether oxygens (including phenoxy) is 3. The largest absolute Gasteiger partial charge is 0.495 e. The van der Waals surface area contributed by atoms with Crippen molar-refractivity contribution in [3.05, 3.63) is 59.7 Å². The monoisotopic (exact) mass is 450 g/mol. The summed E-state index contributed by atoms with van der Waals surface area (Å²) in [7, 11) is -2.63. The van der Waals surface area contributed by atoms with Crippen molar-refractivity contribution in [3.8, 4) is 5.75 Å². The summed E-state index contributed by atoms with van der Waals surface area (Å²) in [5, 5.41) is 0. The van der Waals surface area contributed by atoms with Gasteiger partial charge in [0.15, 0.2) is 6.61 Å². The van der Waals surface area contributed by atoms with E-state index in [-0.39, 0.29) is 23.6 Å². The van der Waals surface area contributed by atoms with Crippen LogP contribution in [0.3, 0.4) is 0 Å². The molecule has 0 atom stereocenters. The molecular formula is C20H22N2O8S. The van der Waals surface area contributed by atoms with Crippen LogP contribution in [0.4, 0.5) is 5.69 Å². The number of methoxy groups -OCH3 is 1. The van der Waals surface area contributed by atoms with Gasteiger partial charge < -0.3 is 19.9 Å². The van der Waals surface area contributed by atoms with E-state index in [0.717, 1.165) is 11.8 Å². The van der Waals surface area contributed by atoms with Crippen LogP contribution in [0.25, 0.3) is 0 Å². The Bertz CT molecular complexity index is 1050. The summed E-state index contributed by atoms with van der Waals surface area (Å²) >= 11 is 0. The number of benzene rings is 2. The number of nitrogens with two attached hydrogens (primary N) is 1. The molecule has 2 rings (SSSR count). The second-order valence-electron chi connectivity index (χ2n) is 6.34. The Kier molecular flexibility index (Phi) is 7.97. The number of esters is 2. The number of hydrogen-bond donors (Lipinski definition) is 1. The fourth-order valence-corrected chi connectivity index (χ4v) is 3.38. The topological polar surface area (TPSA) is 142 Å². The molecule has 0 heterocycles. The van der Waals surface area contributed by atoms with E-state index in [1.165, 1.54) is 25.3 Å². The van der Waals surface area contributed by atoms with Crippen LogP contribution in [-0.2, 0) is 35.7 Å². The zero-order chi connectivity index (χ0) is 23.0. The van der Waals surface area contributed by atoms with Crippen LogP contribution < -0.4 is 14.8 Å². The van der Waals surface area contributed by atoms with Gasteiger partial charge >= 0.3 is 11.9 Å². The third kappa shape index (κ3) is 7.00. The van der Waals surface area contributed by atoms with Gasteiger partial charge in [-0.05, 0) is 23.8 Å². The molecule has 1 amide bonds. The van der Waals surface area contributed by atoms with Gasteiger partial charge in [-0.2, -0.15) is 0 Å². The predicted molar refractivity (Wildman–Crippen MR) is 111 cm³/mol. The number of amides is 1. The van der Waals surface area contributed by atoms with E-state index in [1.54, 1.807) is 24.3 Å². The number of carbonyl (C=O) groups is 3. The standard InChI is InChI=1S/C20H22N2O8S/c1-28-17-9-8-15(10-16(17)22(11-18(21)23)31(2,26)27)20(25)30-13-19(24)29-12-14-6-4-3-5-7-14/h3-10H,11-13H2,1-2H3,(H2,21,23). The van der Waals surface area contributed by atoms with E-state index in [1.807, 2.05) is 6.07 Å². The lowest BCUT2D eigenvalue weighted by atomic mass is 10.2. The van der Waals surface area contributed by atoms with E-state index >= 15 is 0 Å². The van der Waals surface area contributed by atoms with Crippen molar-refractivity contribution in [2.24, 2.45) is 5.73 Å². The SMILES string of the molecule is COc1ccc(C(=O)OCC(=O)OCc2ccccc2)cc1N(CC(N)=O)S(C)(=O)=O. The molecule has 0 aliphatic carbocycles. The van der Waals surface area contributed by atoms with Crippen molar-refractivity contribution in [1.29, 1.82) is 0 Å². The summed E-state index contributed by atoms with van der Waals surface area (Å²) in [6.45, 7) is -1.26. The fourth-order valence-electron chi connectivity index (χ4n) is 2.52. The van der Waals surface area contributed by atoms with Crippen LogP contribution in [0.15, 0.2) is 48.5 Å². The summed E-state index contributed by atoms with van der Waals surface area (Å²) in [6, 6.07) is 12.8. The number of primary amides is 1. The molecule has 0 saturated carbocycles. The summed E-state index contributed by atoms with van der Waals surface area (Å²) < 4.78 is 40.0. The summed E-state index contributed by atoms with van der Waals surface area (Å²) in [4.78, 5) is 35.5. The van der Waals surface area contributed by atoms with Crippen molar-refractivity contribution in [3.63, 3.8) is 0 Å². The molecule has 2 aromatic carbocycles. The van der Waals surface area contributed by atoms with Crippen LogP contribution in [0.2, 0.25) is 0 Å². The van der Waals surface area contributed by atoms with Crippen LogP contribution in [0.1, 0.15) is 15.9 Å². The highest BCUT2D eigenvalue weighted by Gasteiger charge is 2.25. The third-order valence-corrected chi connectivity index (χ3v) is 5.07. The van der Waals surface area contributed by atoms with Gasteiger partial charge in [0.05, 0.1) is 24.6 Å². The Labute approximate surface area is 179 Å². The van der Waals surface area contributed by atoms with E-state index in [4.69, 9.17) is 19.9 Å². The smallest absolute Gasteiger partial charge is 0.344 e. The molecule has 0 fully saturated rings. The van der Waals surface area contributed by atoms with Gasteiger partial charge in [0.1, 0.15) is 18.9 Å². The average molecular weight is 450 g/mol. The summed E-state index contributed by atoms with van der Waals surface area (Å²) in [5.41, 5.74) is 5.77. The molecule has 0 unspecified atom stereocenters. The predicted octanol–water partition coefficient (Wildman–Crippen LogP) is 0.847. The second-order valence-corrected chi connectivity index (χ2v) is 8.25. The zero-order valence-corrected chi connectivity index (χ0v) is 17.8. The molecule has 0 bridgehead atoms. The third-order valence-electron chi connectivity index (χ3n) is 3.95. The van der Waals surface area contributed by atoms with Gasteiger partial charge in [-0.1, -0.05) is 30.3 Å². The van der Waals surface area contributed by atoms with Crippen molar-refractivity contribution < 1.29 is 37.0 Å². The molecule has 0 aliphatic heterocycles. The molecule has 31 heavy (non-hydrogen) atoms. The Morgan fingerprint density at radius 3 is 2.29 bits per heavy atom. The molecule has 0 spiro atoms. The first kappa shape index (κ1) is 23.7. The lowest BCUT2D eigenvalue weighted by molar-refractivity contribution is -0.148. The molecule has 0 saturated heterocycles. The highest BCUT2D eigenvalue weighted by molar-refractivity contribution is 7.92. The normalized spacial score (nSPS) is 10.8. The number of rotatable bonds is 10. The molecule has 0 aliphatic rings. The van der Waals surface area contributed by atoms with Gasteiger partial charge in [-0.15, -0.1) is 0 Å². The Balaban J connectivity index is 2.11. The van der Waals surface area contributed by atoms with Crippen LogP contribution >= 0.6 is 0 Å².